The van der Waals surface area contributed by atoms with Crippen molar-refractivity contribution < 1.29 is 13.9 Å². The van der Waals surface area contributed by atoms with Crippen molar-refractivity contribution in [2.24, 2.45) is 5.73 Å². The second kappa shape index (κ2) is 6.88. The average molecular weight is 287 g/mol. The lowest BCUT2D eigenvalue weighted by Crippen LogP contribution is -2.14. The summed E-state index contributed by atoms with van der Waals surface area (Å²) in [5.74, 6) is 0.776. The third kappa shape index (κ3) is 4.31. The largest absolute Gasteiger partial charge is 0.457 e. The number of carbonyl (C=O) groups excluding carboxylic acids is 1. The Hall–Kier alpha value is -2.36. The van der Waals surface area contributed by atoms with Gasteiger partial charge in [0.25, 0.3) is 0 Å². The average Bonchev–Trinajstić information content (AvgIpc) is 2.48. The van der Waals surface area contributed by atoms with Crippen molar-refractivity contribution >= 4 is 5.91 Å². The summed E-state index contributed by atoms with van der Waals surface area (Å²) in [6, 6.07) is 13.4. The summed E-state index contributed by atoms with van der Waals surface area (Å²) in [5, 5.41) is 0. The van der Waals surface area contributed by atoms with E-state index < -0.39 is 0 Å². The lowest BCUT2D eigenvalue weighted by atomic mass is 9.93. The van der Waals surface area contributed by atoms with E-state index in [1.54, 1.807) is 12.1 Å². The van der Waals surface area contributed by atoms with Gasteiger partial charge in [-0.15, -0.1) is 0 Å². The summed E-state index contributed by atoms with van der Waals surface area (Å²) >= 11 is 0. The van der Waals surface area contributed by atoms with Crippen LogP contribution in [-0.2, 0) is 4.79 Å². The zero-order valence-electron chi connectivity index (χ0n) is 11.9. The number of ether oxygens (including phenoxy) is 1. The first-order valence-electron chi connectivity index (χ1n) is 6.90. The maximum absolute atomic E-state index is 12.8. The van der Waals surface area contributed by atoms with Crippen LogP contribution in [0.1, 0.15) is 31.2 Å². The van der Waals surface area contributed by atoms with Gasteiger partial charge in [-0.25, -0.2) is 4.39 Å². The SMILES string of the molecule is CCC(CC(N)=O)c1ccc(Oc2ccc(F)cc2)cc1. The van der Waals surface area contributed by atoms with Crippen molar-refractivity contribution in [3.8, 4) is 11.5 Å². The van der Waals surface area contributed by atoms with Crippen molar-refractivity contribution in [3.63, 3.8) is 0 Å². The highest BCUT2D eigenvalue weighted by Gasteiger charge is 2.12. The molecule has 0 spiro atoms. The Kier molecular flexibility index (Phi) is 4.93. The molecule has 0 aromatic heterocycles. The number of hydrogen-bond donors (Lipinski definition) is 1. The molecule has 1 atom stereocenters. The van der Waals surface area contributed by atoms with Crippen LogP contribution in [0.3, 0.4) is 0 Å². The summed E-state index contributed by atoms with van der Waals surface area (Å²) in [6.07, 6.45) is 1.19. The predicted molar refractivity (Wildman–Crippen MR) is 79.8 cm³/mol. The number of benzene rings is 2. The van der Waals surface area contributed by atoms with Gasteiger partial charge in [-0.05, 0) is 54.3 Å². The summed E-state index contributed by atoms with van der Waals surface area (Å²) in [7, 11) is 0. The van der Waals surface area contributed by atoms with Crippen molar-refractivity contribution in [1.82, 2.24) is 0 Å². The monoisotopic (exact) mass is 287 g/mol. The van der Waals surface area contributed by atoms with Gasteiger partial charge < -0.3 is 10.5 Å². The Bertz CT molecular complexity index is 593. The summed E-state index contributed by atoms with van der Waals surface area (Å²) in [4.78, 5) is 11.0. The molecule has 0 aliphatic heterocycles. The fourth-order valence-corrected chi connectivity index (χ4v) is 2.19. The molecule has 0 aliphatic carbocycles. The lowest BCUT2D eigenvalue weighted by molar-refractivity contribution is -0.118. The van der Waals surface area contributed by atoms with Gasteiger partial charge in [0.1, 0.15) is 17.3 Å². The molecule has 1 unspecified atom stereocenters. The first-order chi connectivity index (χ1) is 10.1. The molecule has 21 heavy (non-hydrogen) atoms. The number of nitrogens with two attached hydrogens (primary N) is 1. The van der Waals surface area contributed by atoms with Crippen LogP contribution in [0.25, 0.3) is 0 Å². The molecule has 0 saturated heterocycles. The van der Waals surface area contributed by atoms with Crippen LogP contribution < -0.4 is 10.5 Å². The maximum Gasteiger partial charge on any atom is 0.218 e. The molecule has 0 aliphatic rings. The van der Waals surface area contributed by atoms with Crippen LogP contribution in [0.2, 0.25) is 0 Å². The minimum atomic E-state index is -0.298. The zero-order valence-corrected chi connectivity index (χ0v) is 11.9. The third-order valence-electron chi connectivity index (χ3n) is 3.34. The van der Waals surface area contributed by atoms with Crippen LogP contribution in [-0.4, -0.2) is 5.91 Å². The Morgan fingerprint density at radius 2 is 1.62 bits per heavy atom. The van der Waals surface area contributed by atoms with E-state index in [9.17, 15) is 9.18 Å². The number of rotatable bonds is 6. The van der Waals surface area contributed by atoms with Gasteiger partial charge in [0.2, 0.25) is 5.91 Å². The van der Waals surface area contributed by atoms with Crippen LogP contribution in [0.5, 0.6) is 11.5 Å². The van der Waals surface area contributed by atoms with E-state index >= 15 is 0 Å². The highest BCUT2D eigenvalue weighted by molar-refractivity contribution is 5.74. The molecular formula is C17H18FNO2. The topological polar surface area (TPSA) is 52.3 Å². The molecule has 110 valence electrons. The van der Waals surface area contributed by atoms with Crippen LogP contribution >= 0.6 is 0 Å². The standard InChI is InChI=1S/C17H18FNO2/c1-2-12(11-17(19)20)13-3-7-15(8-4-13)21-16-9-5-14(18)6-10-16/h3-10,12H,2,11H2,1H3,(H2,19,20). The van der Waals surface area contributed by atoms with Gasteiger partial charge in [-0.2, -0.15) is 0 Å². The molecule has 0 heterocycles. The Morgan fingerprint density at radius 3 is 2.10 bits per heavy atom. The molecule has 2 rings (SSSR count). The van der Waals surface area contributed by atoms with E-state index in [0.29, 0.717) is 17.9 Å². The molecule has 0 radical (unpaired) electrons. The molecule has 4 heteroatoms. The fourth-order valence-electron chi connectivity index (χ4n) is 2.19. The molecule has 2 N–H and O–H groups in total. The zero-order chi connectivity index (χ0) is 15.2. The quantitative estimate of drug-likeness (QED) is 0.873. The van der Waals surface area contributed by atoms with Gasteiger partial charge in [0.15, 0.2) is 0 Å². The third-order valence-corrected chi connectivity index (χ3v) is 3.34. The van der Waals surface area contributed by atoms with E-state index in [-0.39, 0.29) is 17.6 Å². The van der Waals surface area contributed by atoms with Crippen LogP contribution in [0.15, 0.2) is 48.5 Å². The molecule has 3 nitrogen and oxygen atoms in total. The number of carbonyl (C=O) groups is 1. The molecular weight excluding hydrogens is 269 g/mol. The van der Waals surface area contributed by atoms with Crippen molar-refractivity contribution in [1.29, 1.82) is 0 Å². The Morgan fingerprint density at radius 1 is 1.10 bits per heavy atom. The summed E-state index contributed by atoms with van der Waals surface area (Å²) in [6.45, 7) is 2.02. The smallest absolute Gasteiger partial charge is 0.218 e. The predicted octanol–water partition coefficient (Wildman–Crippen LogP) is 3.99. The highest BCUT2D eigenvalue weighted by atomic mass is 19.1. The summed E-state index contributed by atoms with van der Waals surface area (Å²) < 4.78 is 18.4. The minimum Gasteiger partial charge on any atom is -0.457 e. The van der Waals surface area contributed by atoms with Crippen LogP contribution in [0.4, 0.5) is 4.39 Å². The van der Waals surface area contributed by atoms with Gasteiger partial charge >= 0.3 is 0 Å². The molecule has 2 aromatic carbocycles. The number of hydrogen-bond acceptors (Lipinski definition) is 2. The number of amides is 1. The molecule has 2 aromatic rings. The first kappa shape index (κ1) is 15.0. The van der Waals surface area contributed by atoms with Crippen molar-refractivity contribution in [2.45, 2.75) is 25.7 Å². The summed E-state index contributed by atoms with van der Waals surface area (Å²) in [5.41, 5.74) is 6.31. The second-order valence-corrected chi connectivity index (χ2v) is 4.90. The second-order valence-electron chi connectivity index (χ2n) is 4.90. The van der Waals surface area contributed by atoms with Crippen molar-refractivity contribution in [3.05, 3.63) is 59.9 Å². The number of halogens is 1. The Balaban J connectivity index is 2.07. The van der Waals surface area contributed by atoms with E-state index in [1.165, 1.54) is 12.1 Å². The lowest BCUT2D eigenvalue weighted by Gasteiger charge is -2.14. The van der Waals surface area contributed by atoms with E-state index in [1.807, 2.05) is 31.2 Å². The first-order valence-corrected chi connectivity index (χ1v) is 6.90. The van der Waals surface area contributed by atoms with E-state index in [2.05, 4.69) is 0 Å². The molecule has 1 amide bonds. The highest BCUT2D eigenvalue weighted by Crippen LogP contribution is 2.27. The van der Waals surface area contributed by atoms with Gasteiger partial charge in [-0.3, -0.25) is 4.79 Å². The fraction of sp³-hybridized carbons (Fsp3) is 0.235. The van der Waals surface area contributed by atoms with Gasteiger partial charge in [0.05, 0.1) is 0 Å². The Labute approximate surface area is 123 Å². The minimum absolute atomic E-state index is 0.127. The molecule has 0 bridgehead atoms. The molecule has 0 saturated carbocycles. The van der Waals surface area contributed by atoms with E-state index in [0.717, 1.165) is 12.0 Å². The van der Waals surface area contributed by atoms with E-state index in [4.69, 9.17) is 10.5 Å². The molecule has 0 fully saturated rings. The van der Waals surface area contributed by atoms with Crippen molar-refractivity contribution in [2.75, 3.05) is 0 Å². The van der Waals surface area contributed by atoms with Gasteiger partial charge in [-0.1, -0.05) is 19.1 Å². The maximum atomic E-state index is 12.8. The van der Waals surface area contributed by atoms with Gasteiger partial charge in [0, 0.05) is 6.42 Å². The van der Waals surface area contributed by atoms with Crippen LogP contribution in [0, 0.1) is 5.82 Å². The normalized spacial score (nSPS) is 11.9. The number of primary amides is 1.